The summed E-state index contributed by atoms with van der Waals surface area (Å²) in [7, 11) is 0. The van der Waals surface area contributed by atoms with Crippen LogP contribution < -0.4 is 0 Å². The van der Waals surface area contributed by atoms with Gasteiger partial charge in [-0.1, -0.05) is 32.4 Å². The van der Waals surface area contributed by atoms with E-state index in [9.17, 15) is 4.79 Å². The van der Waals surface area contributed by atoms with Crippen LogP contribution in [0, 0.1) is 41.4 Å². The van der Waals surface area contributed by atoms with E-state index >= 15 is 0 Å². The molecule has 3 nitrogen and oxygen atoms in total. The number of aryl methyl sites for hydroxylation is 1. The molecule has 1 saturated heterocycles. The molecule has 7 atom stereocenters. The number of allylic oxidation sites excluding steroid dienone is 2. The average Bonchev–Trinajstić information content (AvgIpc) is 3.44. The van der Waals surface area contributed by atoms with Crippen LogP contribution in [0.4, 0.5) is 0 Å². The molecule has 1 aromatic heterocycles. The minimum absolute atomic E-state index is 0.0584. The van der Waals surface area contributed by atoms with Gasteiger partial charge in [0, 0.05) is 11.8 Å². The summed E-state index contributed by atoms with van der Waals surface area (Å²) < 4.78 is 10.9. The lowest BCUT2D eigenvalue weighted by Crippen LogP contribution is -2.54. The summed E-state index contributed by atoms with van der Waals surface area (Å²) in [6, 6.07) is 3.79. The monoisotopic (exact) mass is 424 g/mol. The Morgan fingerprint density at radius 2 is 1.84 bits per heavy atom. The molecule has 1 aromatic rings. The molecule has 1 aliphatic heterocycles. The van der Waals surface area contributed by atoms with Crippen molar-refractivity contribution >= 4 is 5.97 Å². The number of fused-ring (bicyclic) bond motifs is 6. The van der Waals surface area contributed by atoms with Gasteiger partial charge in [-0.25, -0.2) is 0 Å². The zero-order valence-corrected chi connectivity index (χ0v) is 19.9. The van der Waals surface area contributed by atoms with E-state index in [4.69, 9.17) is 9.15 Å². The highest BCUT2D eigenvalue weighted by molar-refractivity contribution is 5.72. The SMILES string of the molecule is CC1CC[C@@]2(C)C(=CC[C@@H]3C2CC[C@@]2(C)C3CC[C@@]23CCC(=O)O3)C1.Cc1ccco1. The van der Waals surface area contributed by atoms with Gasteiger partial charge < -0.3 is 9.15 Å². The number of carbonyl (C=O) groups excluding carboxylic acids is 1. The van der Waals surface area contributed by atoms with Crippen LogP contribution in [-0.4, -0.2) is 11.6 Å². The van der Waals surface area contributed by atoms with E-state index < -0.39 is 0 Å². The van der Waals surface area contributed by atoms with E-state index in [1.165, 1.54) is 44.9 Å². The van der Waals surface area contributed by atoms with Gasteiger partial charge in [0.1, 0.15) is 11.4 Å². The molecule has 0 radical (unpaired) electrons. The number of rotatable bonds is 0. The van der Waals surface area contributed by atoms with E-state index in [2.05, 4.69) is 26.8 Å². The first kappa shape index (κ1) is 21.3. The molecule has 0 bridgehead atoms. The van der Waals surface area contributed by atoms with Crippen molar-refractivity contribution in [3.05, 3.63) is 35.8 Å². The van der Waals surface area contributed by atoms with Gasteiger partial charge in [-0.2, -0.15) is 0 Å². The zero-order chi connectivity index (χ0) is 21.9. The smallest absolute Gasteiger partial charge is 0.306 e. The second kappa shape index (κ2) is 7.52. The van der Waals surface area contributed by atoms with E-state index in [0.717, 1.165) is 42.3 Å². The highest BCUT2D eigenvalue weighted by atomic mass is 16.6. The first-order valence-electron chi connectivity index (χ1n) is 12.7. The number of ether oxygens (including phenoxy) is 1. The largest absolute Gasteiger partial charge is 0.470 e. The maximum atomic E-state index is 11.9. The van der Waals surface area contributed by atoms with Crippen LogP contribution in [0.15, 0.2) is 34.5 Å². The van der Waals surface area contributed by atoms with Crippen molar-refractivity contribution in [2.75, 3.05) is 0 Å². The van der Waals surface area contributed by atoms with Crippen molar-refractivity contribution in [3.63, 3.8) is 0 Å². The first-order valence-corrected chi connectivity index (χ1v) is 12.7. The molecule has 4 aliphatic carbocycles. The average molecular weight is 425 g/mol. The lowest BCUT2D eigenvalue weighted by molar-refractivity contribution is -0.167. The summed E-state index contributed by atoms with van der Waals surface area (Å²) in [6.07, 6.45) is 16.4. The summed E-state index contributed by atoms with van der Waals surface area (Å²) >= 11 is 0. The van der Waals surface area contributed by atoms with Crippen molar-refractivity contribution in [3.8, 4) is 0 Å². The molecule has 3 heteroatoms. The molecule has 4 fully saturated rings. The molecule has 2 heterocycles. The first-order chi connectivity index (χ1) is 14.8. The summed E-state index contributed by atoms with van der Waals surface area (Å²) in [6.45, 7) is 9.41. The molecule has 5 aliphatic rings. The van der Waals surface area contributed by atoms with Crippen molar-refractivity contribution in [2.24, 2.45) is 34.5 Å². The van der Waals surface area contributed by atoms with Gasteiger partial charge in [0.25, 0.3) is 0 Å². The second-order valence-electron chi connectivity index (χ2n) is 11.8. The zero-order valence-electron chi connectivity index (χ0n) is 19.9. The van der Waals surface area contributed by atoms with E-state index in [1.54, 1.807) is 11.8 Å². The van der Waals surface area contributed by atoms with Gasteiger partial charge >= 0.3 is 5.97 Å². The van der Waals surface area contributed by atoms with Gasteiger partial charge in [0.05, 0.1) is 6.26 Å². The molecular formula is C28H40O3. The van der Waals surface area contributed by atoms with Crippen molar-refractivity contribution in [2.45, 2.75) is 97.5 Å². The third-order valence-electron chi connectivity index (χ3n) is 10.3. The Hall–Kier alpha value is -1.51. The van der Waals surface area contributed by atoms with Gasteiger partial charge in [-0.05, 0) is 106 Å². The Morgan fingerprint density at radius 3 is 2.48 bits per heavy atom. The third-order valence-corrected chi connectivity index (χ3v) is 10.3. The highest BCUT2D eigenvalue weighted by Gasteiger charge is 2.66. The minimum Gasteiger partial charge on any atom is -0.470 e. The predicted octanol–water partition coefficient (Wildman–Crippen LogP) is 7.25. The normalized spacial score (nSPS) is 45.7. The second-order valence-corrected chi connectivity index (χ2v) is 11.8. The van der Waals surface area contributed by atoms with E-state index in [-0.39, 0.29) is 17.0 Å². The lowest BCUT2D eigenvalue weighted by Gasteiger charge is -2.59. The Kier molecular flexibility index (Phi) is 5.18. The summed E-state index contributed by atoms with van der Waals surface area (Å²) in [4.78, 5) is 11.9. The highest BCUT2D eigenvalue weighted by Crippen LogP contribution is 2.69. The molecule has 6 rings (SSSR count). The van der Waals surface area contributed by atoms with Crippen LogP contribution in [0.3, 0.4) is 0 Å². The Bertz CT molecular complexity index is 854. The van der Waals surface area contributed by atoms with Gasteiger partial charge in [-0.15, -0.1) is 0 Å². The number of esters is 1. The fraction of sp³-hybridized carbons (Fsp3) is 0.750. The molecular weight excluding hydrogens is 384 g/mol. The van der Waals surface area contributed by atoms with Crippen LogP contribution in [0.1, 0.15) is 90.7 Å². The molecule has 0 N–H and O–H groups in total. The fourth-order valence-corrected chi connectivity index (χ4v) is 8.50. The topological polar surface area (TPSA) is 39.4 Å². The number of carbonyl (C=O) groups is 1. The summed E-state index contributed by atoms with van der Waals surface area (Å²) in [5.41, 5.74) is 2.35. The number of furan rings is 1. The van der Waals surface area contributed by atoms with Crippen LogP contribution in [0.5, 0.6) is 0 Å². The lowest BCUT2D eigenvalue weighted by atomic mass is 9.46. The molecule has 0 amide bonds. The molecule has 170 valence electrons. The van der Waals surface area contributed by atoms with Crippen molar-refractivity contribution in [1.82, 2.24) is 0 Å². The van der Waals surface area contributed by atoms with Crippen molar-refractivity contribution < 1.29 is 13.9 Å². The minimum atomic E-state index is -0.119. The van der Waals surface area contributed by atoms with Crippen LogP contribution in [0.25, 0.3) is 0 Å². The number of hydrogen-bond acceptors (Lipinski definition) is 3. The predicted molar refractivity (Wildman–Crippen MR) is 122 cm³/mol. The van der Waals surface area contributed by atoms with Crippen LogP contribution in [-0.2, 0) is 9.53 Å². The van der Waals surface area contributed by atoms with Crippen LogP contribution in [0.2, 0.25) is 0 Å². The van der Waals surface area contributed by atoms with Gasteiger partial charge in [0.15, 0.2) is 0 Å². The molecule has 1 spiro atoms. The molecule has 3 saturated carbocycles. The maximum absolute atomic E-state index is 11.9. The summed E-state index contributed by atoms with van der Waals surface area (Å²) in [5, 5.41) is 0. The quantitative estimate of drug-likeness (QED) is 0.325. The maximum Gasteiger partial charge on any atom is 0.306 e. The van der Waals surface area contributed by atoms with E-state index in [1.807, 2.05) is 19.1 Å². The fourth-order valence-electron chi connectivity index (χ4n) is 8.50. The Labute approximate surface area is 188 Å². The van der Waals surface area contributed by atoms with Crippen LogP contribution >= 0.6 is 0 Å². The summed E-state index contributed by atoms with van der Waals surface area (Å²) in [5.74, 6) is 4.34. The Balaban J connectivity index is 0.000000296. The third kappa shape index (κ3) is 3.25. The molecule has 31 heavy (non-hydrogen) atoms. The Morgan fingerprint density at radius 1 is 1.03 bits per heavy atom. The van der Waals surface area contributed by atoms with E-state index in [0.29, 0.717) is 11.8 Å². The van der Waals surface area contributed by atoms with Crippen molar-refractivity contribution in [1.29, 1.82) is 0 Å². The molecule has 0 aromatic carbocycles. The standard InChI is InChI=1S/C23H34O2.C5H6O/c1-15-6-10-21(2)16(14-15)4-5-17-18(21)7-11-22(3)19(17)8-12-23(22)13-9-20(24)25-23;1-5-3-2-4-6-5/h4,15,17-19H,5-14H2,1-3H3;2-4H,1H3/t15?,17-,18?,19?,21+,22+,23-;/m1./s1. The molecule has 3 unspecified atom stereocenters. The van der Waals surface area contributed by atoms with Gasteiger partial charge in [-0.3, -0.25) is 4.79 Å². The number of hydrogen-bond donors (Lipinski definition) is 0. The van der Waals surface area contributed by atoms with Gasteiger partial charge in [0.2, 0.25) is 0 Å².